The molecule has 88 valence electrons. The smallest absolute Gasteiger partial charge is 0.194 e. The lowest BCUT2D eigenvalue weighted by molar-refractivity contribution is 0.0983. The fourth-order valence-corrected chi connectivity index (χ4v) is 1.90. The normalized spacial score (nSPS) is 15.5. The molecule has 1 aromatic rings. The Morgan fingerprint density at radius 3 is 2.38 bits per heavy atom. The van der Waals surface area contributed by atoms with Crippen LogP contribution in [-0.2, 0) is 9.84 Å². The van der Waals surface area contributed by atoms with Gasteiger partial charge in [-0.25, -0.2) is 8.42 Å². The van der Waals surface area contributed by atoms with Crippen LogP contribution in [0.15, 0.2) is 24.3 Å². The zero-order valence-electron chi connectivity index (χ0n) is 9.32. The maximum Gasteiger partial charge on any atom is 0.194 e. The summed E-state index contributed by atoms with van der Waals surface area (Å²) in [6, 6.07) is 6.86. The van der Waals surface area contributed by atoms with E-state index in [2.05, 4.69) is 15.9 Å². The van der Waals surface area contributed by atoms with E-state index >= 15 is 0 Å². The Hall–Kier alpha value is -0.680. The number of aryl methyl sites for hydroxylation is 1. The lowest BCUT2D eigenvalue weighted by Crippen LogP contribution is -2.36. The van der Waals surface area contributed by atoms with Gasteiger partial charge < -0.3 is 0 Å². The van der Waals surface area contributed by atoms with Crippen LogP contribution in [0.1, 0.15) is 22.8 Å². The summed E-state index contributed by atoms with van der Waals surface area (Å²) in [6.45, 7) is 3.20. The van der Waals surface area contributed by atoms with Crippen LogP contribution in [-0.4, -0.2) is 24.1 Å². The first kappa shape index (κ1) is 13.4. The molecule has 5 heteroatoms. The van der Waals surface area contributed by atoms with E-state index in [4.69, 9.17) is 0 Å². The van der Waals surface area contributed by atoms with Crippen LogP contribution in [0, 0.1) is 6.92 Å². The van der Waals surface area contributed by atoms with E-state index < -0.39 is 19.3 Å². The van der Waals surface area contributed by atoms with Crippen LogP contribution in [0.2, 0.25) is 0 Å². The van der Waals surface area contributed by atoms with Crippen molar-refractivity contribution in [3.8, 4) is 0 Å². The van der Waals surface area contributed by atoms with Crippen molar-refractivity contribution in [1.29, 1.82) is 0 Å². The van der Waals surface area contributed by atoms with E-state index in [1.165, 1.54) is 6.92 Å². The summed E-state index contributed by atoms with van der Waals surface area (Å²) in [5, 5.41) is 0. The van der Waals surface area contributed by atoms with Gasteiger partial charge >= 0.3 is 0 Å². The highest BCUT2D eigenvalue weighted by atomic mass is 79.9. The Morgan fingerprint density at radius 1 is 1.38 bits per heavy atom. The Balaban J connectivity index is 3.23. The Labute approximate surface area is 104 Å². The first-order valence-electron chi connectivity index (χ1n) is 4.66. The van der Waals surface area contributed by atoms with Gasteiger partial charge in [0.2, 0.25) is 0 Å². The van der Waals surface area contributed by atoms with Crippen molar-refractivity contribution >= 4 is 31.6 Å². The van der Waals surface area contributed by atoms with Gasteiger partial charge in [0.25, 0.3) is 0 Å². The minimum atomic E-state index is -3.50. The van der Waals surface area contributed by atoms with E-state index in [0.29, 0.717) is 5.56 Å². The Kier molecular flexibility index (Phi) is 3.59. The van der Waals surface area contributed by atoms with E-state index in [1.807, 2.05) is 13.0 Å². The number of halogens is 1. The second kappa shape index (κ2) is 4.30. The molecule has 0 aliphatic carbocycles. The molecule has 1 atom stereocenters. The van der Waals surface area contributed by atoms with Crippen LogP contribution in [0.4, 0.5) is 0 Å². The van der Waals surface area contributed by atoms with Crippen LogP contribution < -0.4 is 0 Å². The highest BCUT2D eigenvalue weighted by molar-refractivity contribution is 9.12. The van der Waals surface area contributed by atoms with Crippen molar-refractivity contribution in [2.24, 2.45) is 0 Å². The van der Waals surface area contributed by atoms with Crippen molar-refractivity contribution in [1.82, 2.24) is 0 Å². The van der Waals surface area contributed by atoms with Crippen molar-refractivity contribution < 1.29 is 13.2 Å². The fraction of sp³-hybridized carbons (Fsp3) is 0.364. The number of sulfone groups is 1. The topological polar surface area (TPSA) is 51.2 Å². The van der Waals surface area contributed by atoms with Gasteiger partial charge in [-0.1, -0.05) is 39.7 Å². The molecule has 0 aromatic heterocycles. The van der Waals surface area contributed by atoms with Crippen LogP contribution in [0.5, 0.6) is 0 Å². The van der Waals surface area contributed by atoms with Gasteiger partial charge in [-0.15, -0.1) is 0 Å². The van der Waals surface area contributed by atoms with Crippen LogP contribution >= 0.6 is 15.9 Å². The molecule has 0 N–H and O–H groups in total. The highest BCUT2D eigenvalue weighted by Gasteiger charge is 2.41. The molecule has 0 aliphatic rings. The minimum absolute atomic E-state index is 0.393. The second-order valence-corrected chi connectivity index (χ2v) is 8.36. The van der Waals surface area contributed by atoms with Gasteiger partial charge in [0.15, 0.2) is 19.3 Å². The average Bonchev–Trinajstić information content (AvgIpc) is 2.14. The summed E-state index contributed by atoms with van der Waals surface area (Å²) in [4.78, 5) is 12.0. The van der Waals surface area contributed by atoms with Gasteiger partial charge in [-0.3, -0.25) is 4.79 Å². The molecule has 0 aliphatic heterocycles. The first-order valence-corrected chi connectivity index (χ1v) is 7.34. The van der Waals surface area contributed by atoms with E-state index in [9.17, 15) is 13.2 Å². The second-order valence-electron chi connectivity index (χ2n) is 3.89. The molecule has 0 spiro atoms. The molecule has 0 amide bonds. The maximum atomic E-state index is 12.0. The number of carbonyl (C=O) groups is 1. The van der Waals surface area contributed by atoms with Gasteiger partial charge in [0.05, 0.1) is 0 Å². The molecule has 0 fully saturated rings. The summed E-state index contributed by atoms with van der Waals surface area (Å²) >= 11 is 2.99. The summed E-state index contributed by atoms with van der Waals surface area (Å²) in [6.07, 6.45) is 1.04. The van der Waals surface area contributed by atoms with Gasteiger partial charge in [-0.05, 0) is 19.9 Å². The fourth-order valence-electron chi connectivity index (χ4n) is 1.21. The summed E-state index contributed by atoms with van der Waals surface area (Å²) in [5.41, 5.74) is 1.31. The minimum Gasteiger partial charge on any atom is -0.291 e. The molecular weight excluding hydrogens is 292 g/mol. The number of hydrogen-bond donors (Lipinski definition) is 0. The van der Waals surface area contributed by atoms with E-state index in [1.54, 1.807) is 18.2 Å². The van der Waals surface area contributed by atoms with Gasteiger partial charge in [-0.2, -0.15) is 0 Å². The molecule has 1 rings (SSSR count). The summed E-state index contributed by atoms with van der Waals surface area (Å²) < 4.78 is 21.4. The molecule has 3 nitrogen and oxygen atoms in total. The molecule has 0 saturated heterocycles. The molecular formula is C11H13BrO3S. The zero-order valence-corrected chi connectivity index (χ0v) is 11.7. The van der Waals surface area contributed by atoms with Crippen molar-refractivity contribution in [3.63, 3.8) is 0 Å². The highest BCUT2D eigenvalue weighted by Crippen LogP contribution is 2.28. The maximum absolute atomic E-state index is 12.0. The van der Waals surface area contributed by atoms with Crippen molar-refractivity contribution in [2.45, 2.75) is 17.5 Å². The van der Waals surface area contributed by atoms with Crippen LogP contribution in [0.25, 0.3) is 0 Å². The lowest BCUT2D eigenvalue weighted by Gasteiger charge is -2.18. The molecule has 0 radical (unpaired) electrons. The third-order valence-electron chi connectivity index (χ3n) is 2.38. The summed E-state index contributed by atoms with van der Waals surface area (Å²) in [5.74, 6) is -0.446. The molecule has 0 saturated carbocycles. The quantitative estimate of drug-likeness (QED) is 0.636. The number of alkyl halides is 1. The van der Waals surface area contributed by atoms with Crippen LogP contribution in [0.3, 0.4) is 0 Å². The lowest BCUT2D eigenvalue weighted by atomic mass is 10.1. The predicted octanol–water partition coefficient (Wildman–Crippen LogP) is 2.33. The predicted molar refractivity (Wildman–Crippen MR) is 67.7 cm³/mol. The number of hydrogen-bond acceptors (Lipinski definition) is 3. The molecule has 16 heavy (non-hydrogen) atoms. The number of rotatable bonds is 3. The largest absolute Gasteiger partial charge is 0.291 e. The molecule has 0 heterocycles. The SMILES string of the molecule is Cc1cccc(C(=O)C(C)(Br)S(C)(=O)=O)c1. The van der Waals surface area contributed by atoms with Gasteiger partial charge in [0, 0.05) is 11.8 Å². The Morgan fingerprint density at radius 2 is 1.94 bits per heavy atom. The monoisotopic (exact) mass is 304 g/mol. The third-order valence-corrected chi connectivity index (χ3v) is 6.08. The number of Topliss-reactive ketones (excluding diaryl/α,β-unsaturated/α-hetero) is 1. The number of ketones is 1. The van der Waals surface area contributed by atoms with E-state index in [-0.39, 0.29) is 0 Å². The molecule has 1 unspecified atom stereocenters. The number of carbonyl (C=O) groups excluding carboxylic acids is 1. The average molecular weight is 305 g/mol. The van der Waals surface area contributed by atoms with Crippen molar-refractivity contribution in [3.05, 3.63) is 35.4 Å². The third kappa shape index (κ3) is 2.52. The summed E-state index contributed by atoms with van der Waals surface area (Å²) in [7, 11) is -3.50. The number of benzene rings is 1. The molecule has 1 aromatic carbocycles. The van der Waals surface area contributed by atoms with Crippen molar-refractivity contribution in [2.75, 3.05) is 6.26 Å². The standard InChI is InChI=1S/C11H13BrO3S/c1-8-5-4-6-9(7-8)10(13)11(2,12)16(3,14)15/h4-7H,1-3H3. The Bertz CT molecular complexity index is 518. The first-order chi connectivity index (χ1) is 7.16. The van der Waals surface area contributed by atoms with E-state index in [0.717, 1.165) is 11.8 Å². The zero-order chi connectivity index (χ0) is 12.6. The molecule has 0 bridgehead atoms. The van der Waals surface area contributed by atoms with Gasteiger partial charge in [0.1, 0.15) is 0 Å².